The zero-order valence-electron chi connectivity index (χ0n) is 6.65. The molecule has 68 valence electrons. The Hall–Kier alpha value is -0.710. The van der Waals surface area contributed by atoms with Crippen LogP contribution in [0, 0.1) is 0 Å². The van der Waals surface area contributed by atoms with E-state index in [1.165, 1.54) is 18.9 Å². The average molecular weight is 190 g/mol. The number of rotatable bonds is 2. The summed E-state index contributed by atoms with van der Waals surface area (Å²) in [5.74, 6) is -1.16. The number of carboxylic acid groups (broad SMARTS) is 1. The molecule has 0 aromatic heterocycles. The van der Waals surface area contributed by atoms with Crippen molar-refractivity contribution in [3.05, 3.63) is 0 Å². The van der Waals surface area contributed by atoms with E-state index in [1.54, 1.807) is 0 Å². The smallest absolute Gasteiger partial charge is 0.318 e. The van der Waals surface area contributed by atoms with Gasteiger partial charge in [0, 0.05) is 0 Å². The summed E-state index contributed by atoms with van der Waals surface area (Å²) in [5.41, 5.74) is 0. The van der Waals surface area contributed by atoms with Crippen molar-refractivity contribution < 1.29 is 19.4 Å². The van der Waals surface area contributed by atoms with Gasteiger partial charge in [-0.05, 0) is 12.8 Å². The minimum atomic E-state index is -0.841. The lowest BCUT2D eigenvalue weighted by Crippen LogP contribution is -2.17. The number of methoxy groups -OCH3 is 1. The van der Waals surface area contributed by atoms with Gasteiger partial charge in [0.05, 0.1) is 7.11 Å². The van der Waals surface area contributed by atoms with Crippen LogP contribution in [0.25, 0.3) is 0 Å². The van der Waals surface area contributed by atoms with Crippen LogP contribution in [0.4, 0.5) is 0 Å². The van der Waals surface area contributed by atoms with Crippen LogP contribution < -0.4 is 0 Å². The van der Waals surface area contributed by atoms with Gasteiger partial charge in [-0.2, -0.15) is 0 Å². The molecule has 0 aromatic rings. The normalized spacial score (nSPS) is 28.4. The third-order valence-electron chi connectivity index (χ3n) is 1.76. The number of thioether (sulfide) groups is 1. The molecule has 1 aliphatic rings. The average Bonchev–Trinajstić information content (AvgIpc) is 2.51. The Morgan fingerprint density at radius 1 is 1.42 bits per heavy atom. The van der Waals surface area contributed by atoms with Gasteiger partial charge in [0.1, 0.15) is 10.5 Å². The van der Waals surface area contributed by atoms with Crippen molar-refractivity contribution >= 4 is 23.7 Å². The highest BCUT2D eigenvalue weighted by Gasteiger charge is 2.34. The lowest BCUT2D eigenvalue weighted by Gasteiger charge is -2.05. The Bertz CT molecular complexity index is 204. The molecule has 5 heteroatoms. The summed E-state index contributed by atoms with van der Waals surface area (Å²) < 4.78 is 4.51. The fourth-order valence-electron chi connectivity index (χ4n) is 1.12. The molecule has 1 heterocycles. The van der Waals surface area contributed by atoms with Gasteiger partial charge in [0.15, 0.2) is 0 Å². The largest absolute Gasteiger partial charge is 0.480 e. The van der Waals surface area contributed by atoms with Crippen molar-refractivity contribution in [3.8, 4) is 0 Å². The molecule has 4 nitrogen and oxygen atoms in total. The van der Waals surface area contributed by atoms with E-state index >= 15 is 0 Å². The highest BCUT2D eigenvalue weighted by molar-refractivity contribution is 8.02. The fraction of sp³-hybridized carbons (Fsp3) is 0.714. The van der Waals surface area contributed by atoms with Crippen molar-refractivity contribution in [2.45, 2.75) is 23.3 Å². The first-order valence-electron chi connectivity index (χ1n) is 3.61. The number of carbonyl (C=O) groups excluding carboxylic acids is 1. The van der Waals surface area contributed by atoms with Crippen LogP contribution in [0.3, 0.4) is 0 Å². The van der Waals surface area contributed by atoms with E-state index in [9.17, 15) is 9.59 Å². The summed E-state index contributed by atoms with van der Waals surface area (Å²) >= 11 is 1.18. The maximum Gasteiger partial charge on any atom is 0.318 e. The lowest BCUT2D eigenvalue weighted by atomic mass is 10.2. The standard InChI is InChI=1S/C7H10O4S/c1-11-7(10)5-3-2-4(12-5)6(8)9/h4-5H,2-3H2,1H3,(H,8,9)/t4-,5-/m0/s1. The molecule has 2 atom stereocenters. The van der Waals surface area contributed by atoms with E-state index in [2.05, 4.69) is 4.74 Å². The maximum atomic E-state index is 10.9. The Kier molecular flexibility index (Phi) is 2.97. The first-order valence-corrected chi connectivity index (χ1v) is 4.55. The van der Waals surface area contributed by atoms with Gasteiger partial charge in [-0.3, -0.25) is 9.59 Å². The Morgan fingerprint density at radius 2 is 2.00 bits per heavy atom. The predicted octanol–water partition coefficient (Wildman–Crippen LogP) is 0.508. The molecule has 0 saturated carbocycles. The monoisotopic (exact) mass is 190 g/mol. The van der Waals surface area contributed by atoms with Crippen molar-refractivity contribution in [1.29, 1.82) is 0 Å². The third-order valence-corrected chi connectivity index (χ3v) is 3.28. The maximum absolute atomic E-state index is 10.9. The molecule has 0 amide bonds. The number of ether oxygens (including phenoxy) is 1. The van der Waals surface area contributed by atoms with Crippen molar-refractivity contribution in [1.82, 2.24) is 0 Å². The zero-order chi connectivity index (χ0) is 9.14. The number of hydrogen-bond acceptors (Lipinski definition) is 4. The van der Waals surface area contributed by atoms with Crippen LogP contribution in [-0.4, -0.2) is 34.7 Å². The van der Waals surface area contributed by atoms with Crippen LogP contribution in [0.5, 0.6) is 0 Å². The summed E-state index contributed by atoms with van der Waals surface area (Å²) in [6.07, 6.45) is 1.16. The number of carboxylic acids is 1. The van der Waals surface area contributed by atoms with Crippen LogP contribution in [0.2, 0.25) is 0 Å². The number of esters is 1. The van der Waals surface area contributed by atoms with Gasteiger partial charge in [0.2, 0.25) is 0 Å². The molecule has 0 spiro atoms. The van der Waals surface area contributed by atoms with Gasteiger partial charge in [-0.15, -0.1) is 11.8 Å². The first-order chi connectivity index (χ1) is 5.65. The quantitative estimate of drug-likeness (QED) is 0.643. The molecule has 12 heavy (non-hydrogen) atoms. The summed E-state index contributed by atoms with van der Waals surface area (Å²) in [6, 6.07) is 0. The molecule has 1 N–H and O–H groups in total. The second-order valence-corrected chi connectivity index (χ2v) is 3.96. The second-order valence-electron chi connectivity index (χ2n) is 2.55. The minimum Gasteiger partial charge on any atom is -0.480 e. The SMILES string of the molecule is COC(=O)[C@@H]1CC[C@@H](C(=O)O)S1. The number of carbonyl (C=O) groups is 2. The molecule has 0 bridgehead atoms. The van der Waals surface area contributed by atoms with Gasteiger partial charge < -0.3 is 9.84 Å². The topological polar surface area (TPSA) is 63.6 Å². The molecule has 1 saturated heterocycles. The van der Waals surface area contributed by atoms with E-state index in [4.69, 9.17) is 5.11 Å². The van der Waals surface area contributed by atoms with E-state index in [-0.39, 0.29) is 11.2 Å². The number of aliphatic carboxylic acids is 1. The molecule has 1 aliphatic heterocycles. The molecule has 1 fully saturated rings. The predicted molar refractivity (Wildman–Crippen MR) is 44.1 cm³/mol. The third kappa shape index (κ3) is 1.91. The zero-order valence-corrected chi connectivity index (χ0v) is 7.47. The van der Waals surface area contributed by atoms with E-state index in [0.29, 0.717) is 12.8 Å². The van der Waals surface area contributed by atoms with Gasteiger partial charge in [0.25, 0.3) is 0 Å². The minimum absolute atomic E-state index is 0.281. The van der Waals surface area contributed by atoms with Crippen LogP contribution in [0.1, 0.15) is 12.8 Å². The van der Waals surface area contributed by atoms with E-state index in [0.717, 1.165) is 0 Å². The summed E-state index contributed by atoms with van der Waals surface area (Å²) in [4.78, 5) is 21.4. The molecule has 0 aromatic carbocycles. The fourth-order valence-corrected chi connectivity index (χ4v) is 2.39. The summed E-state index contributed by atoms with van der Waals surface area (Å²) in [7, 11) is 1.32. The van der Waals surface area contributed by atoms with Crippen LogP contribution in [0.15, 0.2) is 0 Å². The van der Waals surface area contributed by atoms with Crippen molar-refractivity contribution in [2.75, 3.05) is 7.11 Å². The van der Waals surface area contributed by atoms with Gasteiger partial charge >= 0.3 is 11.9 Å². The first kappa shape index (κ1) is 9.38. The van der Waals surface area contributed by atoms with Gasteiger partial charge in [-0.1, -0.05) is 0 Å². The van der Waals surface area contributed by atoms with Crippen LogP contribution >= 0.6 is 11.8 Å². The molecule has 1 rings (SSSR count). The Labute approximate surface area is 74.3 Å². The van der Waals surface area contributed by atoms with Crippen molar-refractivity contribution in [3.63, 3.8) is 0 Å². The molecular weight excluding hydrogens is 180 g/mol. The summed E-state index contributed by atoms with van der Waals surface area (Å²) in [6.45, 7) is 0. The molecular formula is C7H10O4S. The highest BCUT2D eigenvalue weighted by Crippen LogP contribution is 2.34. The molecule has 0 aliphatic carbocycles. The molecule has 0 unspecified atom stereocenters. The lowest BCUT2D eigenvalue weighted by molar-refractivity contribution is -0.140. The number of hydrogen-bond donors (Lipinski definition) is 1. The Morgan fingerprint density at radius 3 is 2.42 bits per heavy atom. The van der Waals surface area contributed by atoms with E-state index in [1.807, 2.05) is 0 Å². The van der Waals surface area contributed by atoms with Crippen molar-refractivity contribution in [2.24, 2.45) is 0 Å². The van der Waals surface area contributed by atoms with Crippen LogP contribution in [-0.2, 0) is 14.3 Å². The highest BCUT2D eigenvalue weighted by atomic mass is 32.2. The second kappa shape index (κ2) is 3.80. The molecule has 0 radical (unpaired) electrons. The van der Waals surface area contributed by atoms with Gasteiger partial charge in [-0.25, -0.2) is 0 Å². The van der Waals surface area contributed by atoms with E-state index < -0.39 is 11.2 Å². The Balaban J connectivity index is 2.45. The summed E-state index contributed by atoms with van der Waals surface area (Å²) in [5, 5.41) is 7.90.